The van der Waals surface area contributed by atoms with E-state index in [9.17, 15) is 9.90 Å². The maximum atomic E-state index is 11.5. The molecule has 0 saturated carbocycles. The highest BCUT2D eigenvalue weighted by molar-refractivity contribution is 5.80. The Labute approximate surface area is 109 Å². The van der Waals surface area contributed by atoms with E-state index in [2.05, 4.69) is 17.1 Å². The van der Waals surface area contributed by atoms with Gasteiger partial charge in [-0.05, 0) is 38.8 Å². The number of carbonyl (C=O) groups is 1. The minimum absolute atomic E-state index is 0.177. The fourth-order valence-electron chi connectivity index (χ4n) is 2.08. The van der Waals surface area contributed by atoms with E-state index >= 15 is 0 Å². The maximum absolute atomic E-state index is 11.5. The molecule has 0 bridgehead atoms. The highest BCUT2D eigenvalue weighted by Crippen LogP contribution is 2.15. The number of hydrogen-bond donors (Lipinski definition) is 2. The molecule has 0 spiro atoms. The number of likely N-dealkylation sites (tertiary alicyclic amines) is 1. The molecular weight excluding hydrogens is 232 g/mol. The van der Waals surface area contributed by atoms with Crippen LogP contribution in [-0.4, -0.2) is 61.4 Å². The molecule has 0 aliphatic carbocycles. The van der Waals surface area contributed by atoms with Gasteiger partial charge in [-0.15, -0.1) is 0 Å². The number of amides is 1. The van der Waals surface area contributed by atoms with Crippen molar-refractivity contribution in [3.63, 3.8) is 0 Å². The smallest absolute Gasteiger partial charge is 0.248 e. The van der Waals surface area contributed by atoms with Crippen molar-refractivity contribution in [1.82, 2.24) is 10.2 Å². The first-order valence-corrected chi connectivity index (χ1v) is 6.73. The van der Waals surface area contributed by atoms with Crippen LogP contribution in [0.1, 0.15) is 26.7 Å². The fraction of sp³-hybridized carbons (Fsp3) is 0.923. The van der Waals surface area contributed by atoms with Gasteiger partial charge in [-0.1, -0.05) is 6.92 Å². The summed E-state index contributed by atoms with van der Waals surface area (Å²) in [6, 6.07) is 0. The molecule has 2 N–H and O–H groups in total. The molecule has 1 saturated heterocycles. The number of ether oxygens (including phenoxy) is 1. The Morgan fingerprint density at radius 2 is 2.11 bits per heavy atom. The van der Waals surface area contributed by atoms with Gasteiger partial charge in [0.1, 0.15) is 6.10 Å². The number of nitrogens with one attached hydrogen (secondary N) is 1. The molecule has 1 amide bonds. The monoisotopic (exact) mass is 258 g/mol. The molecule has 0 aromatic heterocycles. The molecule has 18 heavy (non-hydrogen) atoms. The number of nitrogens with zero attached hydrogens (tertiary/aromatic N) is 1. The molecule has 1 fully saturated rings. The molecule has 5 heteroatoms. The molecule has 0 aromatic rings. The molecule has 0 radical (unpaired) electrons. The predicted molar refractivity (Wildman–Crippen MR) is 70.3 cm³/mol. The summed E-state index contributed by atoms with van der Waals surface area (Å²) in [7, 11) is 1.50. The third-order valence-electron chi connectivity index (χ3n) is 3.58. The quantitative estimate of drug-likeness (QED) is 0.716. The van der Waals surface area contributed by atoms with E-state index in [0.717, 1.165) is 19.0 Å². The van der Waals surface area contributed by atoms with Crippen molar-refractivity contribution in [3.05, 3.63) is 0 Å². The van der Waals surface area contributed by atoms with Crippen LogP contribution in [0.3, 0.4) is 0 Å². The molecule has 2 unspecified atom stereocenters. The lowest BCUT2D eigenvalue weighted by atomic mass is 9.99. The van der Waals surface area contributed by atoms with Gasteiger partial charge < -0.3 is 20.1 Å². The van der Waals surface area contributed by atoms with Crippen molar-refractivity contribution in [1.29, 1.82) is 0 Å². The first-order chi connectivity index (χ1) is 8.52. The summed E-state index contributed by atoms with van der Waals surface area (Å²) in [5, 5.41) is 12.6. The number of piperidine rings is 1. The Hall–Kier alpha value is -0.650. The maximum Gasteiger partial charge on any atom is 0.248 e. The molecule has 1 aliphatic rings. The molecule has 106 valence electrons. The van der Waals surface area contributed by atoms with Crippen LogP contribution in [0, 0.1) is 5.92 Å². The Morgan fingerprint density at radius 3 is 2.67 bits per heavy atom. The van der Waals surface area contributed by atoms with Crippen LogP contribution in [0.25, 0.3) is 0 Å². The van der Waals surface area contributed by atoms with Gasteiger partial charge in [0.25, 0.3) is 0 Å². The fourth-order valence-corrected chi connectivity index (χ4v) is 2.08. The van der Waals surface area contributed by atoms with Gasteiger partial charge in [0.05, 0.1) is 6.10 Å². The summed E-state index contributed by atoms with van der Waals surface area (Å²) in [5.74, 6) is 0.615. The van der Waals surface area contributed by atoms with Gasteiger partial charge in [0.2, 0.25) is 5.91 Å². The molecule has 1 rings (SSSR count). The average molecular weight is 258 g/mol. The van der Waals surface area contributed by atoms with Crippen molar-refractivity contribution in [2.45, 2.75) is 38.9 Å². The lowest BCUT2D eigenvalue weighted by Gasteiger charge is -2.31. The second-order valence-corrected chi connectivity index (χ2v) is 5.26. The van der Waals surface area contributed by atoms with Crippen molar-refractivity contribution in [3.8, 4) is 0 Å². The molecular formula is C13H26N2O3. The zero-order valence-electron chi connectivity index (χ0n) is 11.7. The lowest BCUT2D eigenvalue weighted by Crippen LogP contribution is -2.44. The topological polar surface area (TPSA) is 61.8 Å². The first-order valence-electron chi connectivity index (χ1n) is 6.73. The predicted octanol–water partition coefficient (Wildman–Crippen LogP) is 0.230. The summed E-state index contributed by atoms with van der Waals surface area (Å²) in [6.07, 6.45) is 1.42. The Bertz CT molecular complexity index is 253. The molecule has 2 atom stereocenters. The second-order valence-electron chi connectivity index (χ2n) is 5.26. The zero-order chi connectivity index (χ0) is 13.5. The third-order valence-corrected chi connectivity index (χ3v) is 3.58. The van der Waals surface area contributed by atoms with Crippen LogP contribution < -0.4 is 5.32 Å². The summed E-state index contributed by atoms with van der Waals surface area (Å²) < 4.78 is 4.90. The standard InChI is InChI=1S/C13H26N2O3/c1-10-4-6-15(7-5-10)9-12(16)8-14-13(17)11(2)18-3/h10-12,16H,4-9H2,1-3H3,(H,14,17). The highest BCUT2D eigenvalue weighted by Gasteiger charge is 2.19. The largest absolute Gasteiger partial charge is 0.390 e. The van der Waals surface area contributed by atoms with E-state index < -0.39 is 12.2 Å². The van der Waals surface area contributed by atoms with Crippen LogP contribution in [0.4, 0.5) is 0 Å². The lowest BCUT2D eigenvalue weighted by molar-refractivity contribution is -0.130. The van der Waals surface area contributed by atoms with E-state index in [1.54, 1.807) is 6.92 Å². The number of β-amino-alcohol motifs (C(OH)–C–C–N with tert-alkyl or cyclic N) is 1. The van der Waals surface area contributed by atoms with Crippen LogP contribution in [-0.2, 0) is 9.53 Å². The summed E-state index contributed by atoms with van der Waals surface area (Å²) in [5.41, 5.74) is 0. The number of aliphatic hydroxyl groups excluding tert-OH is 1. The van der Waals surface area contributed by atoms with Gasteiger partial charge >= 0.3 is 0 Å². The molecule has 1 aliphatic heterocycles. The molecule has 0 aromatic carbocycles. The number of aliphatic hydroxyl groups is 1. The van der Waals surface area contributed by atoms with Gasteiger partial charge in [-0.25, -0.2) is 0 Å². The van der Waals surface area contributed by atoms with Gasteiger partial charge in [-0.3, -0.25) is 4.79 Å². The van der Waals surface area contributed by atoms with Gasteiger partial charge in [-0.2, -0.15) is 0 Å². The Morgan fingerprint density at radius 1 is 1.50 bits per heavy atom. The van der Waals surface area contributed by atoms with E-state index in [4.69, 9.17) is 4.74 Å². The van der Waals surface area contributed by atoms with Gasteiger partial charge in [0, 0.05) is 20.2 Å². The third kappa shape index (κ3) is 5.33. The van der Waals surface area contributed by atoms with Crippen LogP contribution in [0.15, 0.2) is 0 Å². The highest BCUT2D eigenvalue weighted by atomic mass is 16.5. The summed E-state index contributed by atoms with van der Waals surface area (Å²) >= 11 is 0. The Kier molecular flexibility index (Phi) is 6.60. The van der Waals surface area contributed by atoms with Crippen LogP contribution >= 0.6 is 0 Å². The van der Waals surface area contributed by atoms with E-state index in [0.29, 0.717) is 13.1 Å². The first kappa shape index (κ1) is 15.4. The van der Waals surface area contributed by atoms with Crippen LogP contribution in [0.2, 0.25) is 0 Å². The molecule has 1 heterocycles. The van der Waals surface area contributed by atoms with Crippen molar-refractivity contribution in [2.24, 2.45) is 5.92 Å². The minimum atomic E-state index is -0.508. The van der Waals surface area contributed by atoms with Crippen LogP contribution in [0.5, 0.6) is 0 Å². The van der Waals surface area contributed by atoms with Crippen molar-refractivity contribution < 1.29 is 14.6 Å². The van der Waals surface area contributed by atoms with Gasteiger partial charge in [0.15, 0.2) is 0 Å². The zero-order valence-corrected chi connectivity index (χ0v) is 11.7. The average Bonchev–Trinajstić information content (AvgIpc) is 2.37. The number of hydrogen-bond acceptors (Lipinski definition) is 4. The summed E-state index contributed by atoms with van der Waals surface area (Å²) in [6.45, 7) is 6.96. The molecule has 5 nitrogen and oxygen atoms in total. The SMILES string of the molecule is COC(C)C(=O)NCC(O)CN1CCC(C)CC1. The van der Waals surface area contributed by atoms with Crippen molar-refractivity contribution >= 4 is 5.91 Å². The Balaban J connectivity index is 2.17. The summed E-state index contributed by atoms with van der Waals surface area (Å²) in [4.78, 5) is 13.7. The number of carbonyl (C=O) groups excluding carboxylic acids is 1. The minimum Gasteiger partial charge on any atom is -0.390 e. The number of rotatable bonds is 6. The van der Waals surface area contributed by atoms with E-state index in [1.165, 1.54) is 20.0 Å². The second kappa shape index (κ2) is 7.71. The number of methoxy groups -OCH3 is 1. The van der Waals surface area contributed by atoms with E-state index in [-0.39, 0.29) is 5.91 Å². The van der Waals surface area contributed by atoms with E-state index in [1.807, 2.05) is 0 Å². The normalized spacial score (nSPS) is 21.6. The van der Waals surface area contributed by atoms with Crippen molar-refractivity contribution in [2.75, 3.05) is 33.3 Å².